The van der Waals surface area contributed by atoms with Crippen LogP contribution in [0.2, 0.25) is 0 Å². The van der Waals surface area contributed by atoms with Crippen molar-refractivity contribution in [2.24, 2.45) is 0 Å². The van der Waals surface area contributed by atoms with Crippen molar-refractivity contribution in [2.45, 2.75) is 6.42 Å². The van der Waals surface area contributed by atoms with Gasteiger partial charge in [0.25, 0.3) is 5.91 Å². The standard InChI is InChI=1S/C22H21FN4O3S/c23-18-12-16(6-7-19(18)27-8-10-30-11-9-27)24-20(28)13-17-14-31-22(25-17)26-21(29)15-4-2-1-3-5-15/h1-7,12,14H,8-11,13H2,(H,24,28)(H,25,26,29). The highest BCUT2D eigenvalue weighted by Crippen LogP contribution is 2.24. The van der Waals surface area contributed by atoms with Crippen LogP contribution in [-0.4, -0.2) is 43.1 Å². The predicted octanol–water partition coefficient (Wildman–Crippen LogP) is 3.55. The van der Waals surface area contributed by atoms with Crippen molar-refractivity contribution < 1.29 is 18.7 Å². The SMILES string of the molecule is O=C(Cc1csc(NC(=O)c2ccccc2)n1)Nc1ccc(N2CCOCC2)c(F)c1. The van der Waals surface area contributed by atoms with Crippen molar-refractivity contribution >= 4 is 39.7 Å². The Morgan fingerprint density at radius 2 is 1.87 bits per heavy atom. The molecule has 0 radical (unpaired) electrons. The Kier molecular flexibility index (Phi) is 6.54. The van der Waals surface area contributed by atoms with E-state index in [1.807, 2.05) is 11.0 Å². The Bertz CT molecular complexity index is 1070. The van der Waals surface area contributed by atoms with Gasteiger partial charge in [0, 0.05) is 29.7 Å². The fourth-order valence-electron chi connectivity index (χ4n) is 3.22. The molecule has 2 aromatic carbocycles. The summed E-state index contributed by atoms with van der Waals surface area (Å²) in [7, 11) is 0. The number of thiazole rings is 1. The first-order valence-electron chi connectivity index (χ1n) is 9.81. The normalized spacial score (nSPS) is 13.6. The zero-order valence-electron chi connectivity index (χ0n) is 16.6. The number of halogens is 1. The van der Waals surface area contributed by atoms with Gasteiger partial charge in [-0.1, -0.05) is 18.2 Å². The molecule has 2 amide bonds. The van der Waals surface area contributed by atoms with Crippen LogP contribution in [0.5, 0.6) is 0 Å². The Balaban J connectivity index is 1.33. The van der Waals surface area contributed by atoms with E-state index in [0.717, 1.165) is 0 Å². The quantitative estimate of drug-likeness (QED) is 0.613. The minimum Gasteiger partial charge on any atom is -0.378 e. The number of hydrogen-bond acceptors (Lipinski definition) is 6. The van der Waals surface area contributed by atoms with Crippen LogP contribution in [0.1, 0.15) is 16.1 Å². The van der Waals surface area contributed by atoms with Gasteiger partial charge < -0.3 is 15.0 Å². The molecule has 160 valence electrons. The molecule has 1 fully saturated rings. The van der Waals surface area contributed by atoms with Gasteiger partial charge in [0.1, 0.15) is 5.82 Å². The molecule has 9 heteroatoms. The molecular formula is C22H21FN4O3S. The molecule has 0 bridgehead atoms. The second-order valence-corrected chi connectivity index (χ2v) is 7.81. The van der Waals surface area contributed by atoms with Gasteiger partial charge in [0.15, 0.2) is 5.13 Å². The number of nitrogens with one attached hydrogen (secondary N) is 2. The highest BCUT2D eigenvalue weighted by atomic mass is 32.1. The van der Waals surface area contributed by atoms with E-state index in [2.05, 4.69) is 15.6 Å². The van der Waals surface area contributed by atoms with Crippen LogP contribution >= 0.6 is 11.3 Å². The molecule has 1 aliphatic rings. The Labute approximate surface area is 182 Å². The lowest BCUT2D eigenvalue weighted by atomic mass is 10.2. The number of carbonyl (C=O) groups is 2. The minimum absolute atomic E-state index is 0.0184. The topological polar surface area (TPSA) is 83.6 Å². The average Bonchev–Trinajstić information content (AvgIpc) is 3.21. The molecule has 31 heavy (non-hydrogen) atoms. The molecule has 2 N–H and O–H groups in total. The number of amides is 2. The molecule has 0 aliphatic carbocycles. The lowest BCUT2D eigenvalue weighted by Gasteiger charge is -2.29. The molecule has 1 aliphatic heterocycles. The maximum Gasteiger partial charge on any atom is 0.257 e. The van der Waals surface area contributed by atoms with Gasteiger partial charge in [-0.2, -0.15) is 0 Å². The van der Waals surface area contributed by atoms with Crippen LogP contribution in [0, 0.1) is 5.82 Å². The summed E-state index contributed by atoms with van der Waals surface area (Å²) in [6.45, 7) is 2.41. The molecule has 0 saturated carbocycles. The molecule has 2 heterocycles. The van der Waals surface area contributed by atoms with Crippen molar-refractivity contribution in [3.63, 3.8) is 0 Å². The van der Waals surface area contributed by atoms with Gasteiger partial charge in [0.05, 0.1) is 31.0 Å². The van der Waals surface area contributed by atoms with Gasteiger partial charge in [-0.15, -0.1) is 11.3 Å². The van der Waals surface area contributed by atoms with Crippen molar-refractivity contribution in [1.29, 1.82) is 0 Å². The smallest absolute Gasteiger partial charge is 0.257 e. The summed E-state index contributed by atoms with van der Waals surface area (Å²) in [5, 5.41) is 7.54. The van der Waals surface area contributed by atoms with E-state index in [1.165, 1.54) is 17.4 Å². The van der Waals surface area contributed by atoms with Gasteiger partial charge in [0.2, 0.25) is 5.91 Å². The molecule has 1 aromatic heterocycles. The van der Waals surface area contributed by atoms with Crippen molar-refractivity contribution in [1.82, 2.24) is 4.98 Å². The second-order valence-electron chi connectivity index (χ2n) is 6.95. The summed E-state index contributed by atoms with van der Waals surface area (Å²) in [4.78, 5) is 30.7. The van der Waals surface area contributed by atoms with Crippen molar-refractivity contribution in [3.05, 3.63) is 71.0 Å². The number of nitrogens with zero attached hydrogens (tertiary/aromatic N) is 2. The fraction of sp³-hybridized carbons (Fsp3) is 0.227. The predicted molar refractivity (Wildman–Crippen MR) is 118 cm³/mol. The first-order chi connectivity index (χ1) is 15.1. The Morgan fingerprint density at radius 1 is 1.10 bits per heavy atom. The zero-order chi connectivity index (χ0) is 21.6. The summed E-state index contributed by atoms with van der Waals surface area (Å²) < 4.78 is 19.8. The molecule has 3 aromatic rings. The summed E-state index contributed by atoms with van der Waals surface area (Å²) in [5.41, 5.74) is 1.93. The first-order valence-corrected chi connectivity index (χ1v) is 10.7. The third-order valence-corrected chi connectivity index (χ3v) is 5.54. The van der Waals surface area contributed by atoms with Crippen LogP contribution in [0.4, 0.5) is 20.9 Å². The van der Waals surface area contributed by atoms with Gasteiger partial charge >= 0.3 is 0 Å². The number of morpholine rings is 1. The molecule has 0 unspecified atom stereocenters. The number of aromatic nitrogens is 1. The van der Waals surface area contributed by atoms with E-state index >= 15 is 0 Å². The molecular weight excluding hydrogens is 419 g/mol. The number of carbonyl (C=O) groups excluding carboxylic acids is 2. The zero-order valence-corrected chi connectivity index (χ0v) is 17.5. The molecule has 7 nitrogen and oxygen atoms in total. The lowest BCUT2D eigenvalue weighted by Crippen LogP contribution is -2.36. The summed E-state index contributed by atoms with van der Waals surface area (Å²) in [6.07, 6.45) is 0.0184. The highest BCUT2D eigenvalue weighted by molar-refractivity contribution is 7.14. The van der Waals surface area contributed by atoms with Crippen LogP contribution in [0.3, 0.4) is 0 Å². The third-order valence-electron chi connectivity index (χ3n) is 4.73. The van der Waals surface area contributed by atoms with Crippen LogP contribution in [0.25, 0.3) is 0 Å². The third kappa shape index (κ3) is 5.44. The number of rotatable bonds is 6. The second kappa shape index (κ2) is 9.67. The van der Waals surface area contributed by atoms with E-state index < -0.39 is 0 Å². The maximum absolute atomic E-state index is 14.5. The minimum atomic E-state index is -0.390. The Morgan fingerprint density at radius 3 is 2.61 bits per heavy atom. The summed E-state index contributed by atoms with van der Waals surface area (Å²) in [6, 6.07) is 13.5. The summed E-state index contributed by atoms with van der Waals surface area (Å²) in [5.74, 6) is -0.967. The van der Waals surface area contributed by atoms with E-state index in [1.54, 1.807) is 41.8 Å². The largest absolute Gasteiger partial charge is 0.378 e. The van der Waals surface area contributed by atoms with Crippen molar-refractivity contribution in [2.75, 3.05) is 41.8 Å². The van der Waals surface area contributed by atoms with E-state index in [4.69, 9.17) is 4.74 Å². The van der Waals surface area contributed by atoms with Crippen molar-refractivity contribution in [3.8, 4) is 0 Å². The van der Waals surface area contributed by atoms with Gasteiger partial charge in [-0.25, -0.2) is 9.37 Å². The number of hydrogen-bond donors (Lipinski definition) is 2. The van der Waals surface area contributed by atoms with E-state index in [-0.39, 0.29) is 24.1 Å². The number of ether oxygens (including phenoxy) is 1. The van der Waals surface area contributed by atoms with E-state index in [9.17, 15) is 14.0 Å². The summed E-state index contributed by atoms with van der Waals surface area (Å²) >= 11 is 1.24. The van der Waals surface area contributed by atoms with Gasteiger partial charge in [-0.05, 0) is 30.3 Å². The van der Waals surface area contributed by atoms with E-state index in [0.29, 0.717) is 54.1 Å². The fourth-order valence-corrected chi connectivity index (χ4v) is 3.92. The molecule has 0 spiro atoms. The van der Waals surface area contributed by atoms with Crippen LogP contribution in [-0.2, 0) is 16.0 Å². The monoisotopic (exact) mass is 440 g/mol. The van der Waals surface area contributed by atoms with Crippen LogP contribution < -0.4 is 15.5 Å². The molecule has 4 rings (SSSR count). The highest BCUT2D eigenvalue weighted by Gasteiger charge is 2.16. The van der Waals surface area contributed by atoms with Crippen LogP contribution in [0.15, 0.2) is 53.9 Å². The number of anilines is 3. The lowest BCUT2D eigenvalue weighted by molar-refractivity contribution is -0.115. The first kappa shape index (κ1) is 21.0. The molecule has 0 atom stereocenters. The molecule has 1 saturated heterocycles. The van der Waals surface area contributed by atoms with Gasteiger partial charge in [-0.3, -0.25) is 14.9 Å². The maximum atomic E-state index is 14.5. The Hall–Kier alpha value is -3.30. The number of benzene rings is 2. The average molecular weight is 441 g/mol.